The van der Waals surface area contributed by atoms with Gasteiger partial charge in [-0.3, -0.25) is 4.99 Å². The maximum Gasteiger partial charge on any atom is 0.232 e. The topological polar surface area (TPSA) is 87.8 Å². The highest BCUT2D eigenvalue weighted by atomic mass is 35.5. The second kappa shape index (κ2) is 8.90. The Morgan fingerprint density at radius 3 is 2.86 bits per heavy atom. The zero-order chi connectivity index (χ0) is 21.0. The van der Waals surface area contributed by atoms with Crippen LogP contribution in [-0.2, 0) is 12.0 Å². The van der Waals surface area contributed by atoms with Crippen LogP contribution in [0.2, 0.25) is 5.02 Å². The fraction of sp³-hybridized carbons (Fsp3) is 0.550. The number of aliphatic imine (C=N–C) groups is 1. The van der Waals surface area contributed by atoms with Gasteiger partial charge in [0.2, 0.25) is 5.89 Å². The van der Waals surface area contributed by atoms with Crippen molar-refractivity contribution in [2.45, 2.75) is 45.2 Å². The van der Waals surface area contributed by atoms with Gasteiger partial charge in [0.1, 0.15) is 5.75 Å². The Labute approximate surface area is 176 Å². The number of nitrogens with zero attached hydrogens (tertiary/aromatic N) is 4. The monoisotopic (exact) mass is 420 g/mol. The van der Waals surface area contributed by atoms with Gasteiger partial charge in [-0.1, -0.05) is 37.5 Å². The normalized spacial score (nSPS) is 17.5. The Balaban J connectivity index is 1.56. The van der Waals surface area contributed by atoms with Crippen LogP contribution in [0.4, 0.5) is 5.69 Å². The summed E-state index contributed by atoms with van der Waals surface area (Å²) in [6.07, 6.45) is 0.979. The van der Waals surface area contributed by atoms with Crippen molar-refractivity contribution >= 4 is 23.2 Å². The van der Waals surface area contributed by atoms with E-state index in [0.717, 1.165) is 30.9 Å². The van der Waals surface area contributed by atoms with Crippen molar-refractivity contribution in [3.8, 4) is 5.75 Å². The van der Waals surface area contributed by atoms with Crippen LogP contribution in [-0.4, -0.2) is 49.4 Å². The SMILES string of the molecule is CN=C(NCc1noc(C(C)(C)C)n1)NC1CCN(c2cc(Cl)ccc2OC)C1. The number of methoxy groups -OCH3 is 1. The summed E-state index contributed by atoms with van der Waals surface area (Å²) in [4.78, 5) is 11.0. The third kappa shape index (κ3) is 5.32. The van der Waals surface area contributed by atoms with E-state index in [1.807, 2.05) is 39.0 Å². The van der Waals surface area contributed by atoms with Crippen molar-refractivity contribution in [3.05, 3.63) is 34.9 Å². The van der Waals surface area contributed by atoms with Crippen molar-refractivity contribution in [2.75, 3.05) is 32.1 Å². The second-order valence-electron chi connectivity index (χ2n) is 8.08. The van der Waals surface area contributed by atoms with Gasteiger partial charge < -0.3 is 24.8 Å². The third-order valence-electron chi connectivity index (χ3n) is 4.76. The minimum absolute atomic E-state index is 0.167. The molecule has 1 aromatic heterocycles. The number of rotatable bonds is 5. The van der Waals surface area contributed by atoms with Gasteiger partial charge in [0.15, 0.2) is 11.8 Å². The first kappa shape index (κ1) is 21.2. The number of aromatic nitrogens is 2. The molecule has 1 saturated heterocycles. The van der Waals surface area contributed by atoms with Gasteiger partial charge in [-0.05, 0) is 24.6 Å². The van der Waals surface area contributed by atoms with Crippen LogP contribution in [0.15, 0.2) is 27.7 Å². The molecule has 0 bridgehead atoms. The Morgan fingerprint density at radius 2 is 2.21 bits per heavy atom. The van der Waals surface area contributed by atoms with Crippen LogP contribution in [0.1, 0.15) is 38.9 Å². The fourth-order valence-corrected chi connectivity index (χ4v) is 3.35. The summed E-state index contributed by atoms with van der Waals surface area (Å²) in [7, 11) is 3.42. The van der Waals surface area contributed by atoms with E-state index in [0.29, 0.717) is 29.2 Å². The Kier molecular flexibility index (Phi) is 6.52. The van der Waals surface area contributed by atoms with E-state index in [9.17, 15) is 0 Å². The minimum atomic E-state index is -0.167. The second-order valence-corrected chi connectivity index (χ2v) is 8.52. The molecule has 158 valence electrons. The first-order valence-electron chi connectivity index (χ1n) is 9.69. The lowest BCUT2D eigenvalue weighted by Crippen LogP contribution is -2.44. The van der Waals surface area contributed by atoms with Gasteiger partial charge in [0.25, 0.3) is 0 Å². The predicted molar refractivity (Wildman–Crippen MR) is 115 cm³/mol. The summed E-state index contributed by atoms with van der Waals surface area (Å²) in [5, 5.41) is 11.4. The van der Waals surface area contributed by atoms with Crippen LogP contribution in [0, 0.1) is 0 Å². The average Bonchev–Trinajstić information content (AvgIpc) is 3.34. The summed E-state index contributed by atoms with van der Waals surface area (Å²) < 4.78 is 10.8. The van der Waals surface area contributed by atoms with E-state index in [-0.39, 0.29) is 11.5 Å². The molecule has 1 aliphatic rings. The number of nitrogens with one attached hydrogen (secondary N) is 2. The number of halogens is 1. The first-order chi connectivity index (χ1) is 13.8. The van der Waals surface area contributed by atoms with E-state index >= 15 is 0 Å². The molecule has 0 radical (unpaired) electrons. The summed E-state index contributed by atoms with van der Waals surface area (Å²) >= 11 is 6.18. The van der Waals surface area contributed by atoms with Crippen molar-refractivity contribution < 1.29 is 9.26 Å². The van der Waals surface area contributed by atoms with Gasteiger partial charge in [0.05, 0.1) is 19.3 Å². The molecular weight excluding hydrogens is 392 g/mol. The number of guanidine groups is 1. The maximum absolute atomic E-state index is 6.18. The fourth-order valence-electron chi connectivity index (χ4n) is 3.19. The van der Waals surface area contributed by atoms with Crippen molar-refractivity contribution in [3.63, 3.8) is 0 Å². The molecule has 2 heterocycles. The molecule has 29 heavy (non-hydrogen) atoms. The molecule has 1 aromatic carbocycles. The Hall–Kier alpha value is -2.48. The summed E-state index contributed by atoms with van der Waals surface area (Å²) in [6.45, 7) is 8.30. The highest BCUT2D eigenvalue weighted by Crippen LogP contribution is 2.33. The molecule has 9 heteroatoms. The van der Waals surface area contributed by atoms with Crippen LogP contribution < -0.4 is 20.3 Å². The zero-order valence-electron chi connectivity index (χ0n) is 17.6. The van der Waals surface area contributed by atoms with E-state index in [1.165, 1.54) is 0 Å². The Bertz CT molecular complexity index is 861. The molecule has 2 aromatic rings. The van der Waals surface area contributed by atoms with Crippen LogP contribution >= 0.6 is 11.6 Å². The van der Waals surface area contributed by atoms with Gasteiger partial charge >= 0.3 is 0 Å². The Morgan fingerprint density at radius 1 is 1.41 bits per heavy atom. The van der Waals surface area contributed by atoms with Gasteiger partial charge in [0, 0.05) is 36.6 Å². The number of ether oxygens (including phenoxy) is 1. The van der Waals surface area contributed by atoms with Gasteiger partial charge in [-0.2, -0.15) is 4.98 Å². The summed E-state index contributed by atoms with van der Waals surface area (Å²) in [5.74, 6) is 2.76. The molecule has 1 unspecified atom stereocenters. The molecule has 1 fully saturated rings. The number of anilines is 1. The highest BCUT2D eigenvalue weighted by molar-refractivity contribution is 6.30. The lowest BCUT2D eigenvalue weighted by molar-refractivity contribution is 0.318. The average molecular weight is 421 g/mol. The van der Waals surface area contributed by atoms with Crippen LogP contribution in [0.5, 0.6) is 5.75 Å². The largest absolute Gasteiger partial charge is 0.495 e. The third-order valence-corrected chi connectivity index (χ3v) is 4.99. The highest BCUT2D eigenvalue weighted by Gasteiger charge is 2.26. The summed E-state index contributed by atoms with van der Waals surface area (Å²) in [6, 6.07) is 5.93. The molecule has 1 aliphatic heterocycles. The molecule has 0 amide bonds. The number of benzene rings is 1. The van der Waals surface area contributed by atoms with Crippen molar-refractivity contribution in [2.24, 2.45) is 4.99 Å². The van der Waals surface area contributed by atoms with Crippen molar-refractivity contribution in [1.82, 2.24) is 20.8 Å². The predicted octanol–water partition coefficient (Wildman–Crippen LogP) is 2.97. The van der Waals surface area contributed by atoms with Crippen LogP contribution in [0.25, 0.3) is 0 Å². The maximum atomic E-state index is 6.18. The summed E-state index contributed by atoms with van der Waals surface area (Å²) in [5.41, 5.74) is 0.841. The van der Waals surface area contributed by atoms with E-state index in [4.69, 9.17) is 20.9 Å². The van der Waals surface area contributed by atoms with E-state index in [1.54, 1.807) is 14.2 Å². The molecule has 1 atom stereocenters. The zero-order valence-corrected chi connectivity index (χ0v) is 18.4. The lowest BCUT2D eigenvalue weighted by Gasteiger charge is -2.22. The van der Waals surface area contributed by atoms with Crippen molar-refractivity contribution in [1.29, 1.82) is 0 Å². The molecular formula is C20H29ClN6O2. The van der Waals surface area contributed by atoms with E-state index in [2.05, 4.69) is 30.7 Å². The first-order valence-corrected chi connectivity index (χ1v) is 10.1. The lowest BCUT2D eigenvalue weighted by atomic mass is 9.97. The molecule has 2 N–H and O–H groups in total. The smallest absolute Gasteiger partial charge is 0.232 e. The molecule has 0 spiro atoms. The molecule has 3 rings (SSSR count). The van der Waals surface area contributed by atoms with Gasteiger partial charge in [-0.15, -0.1) is 0 Å². The standard InChI is InChI=1S/C20H29ClN6O2/c1-20(2,3)18-25-17(26-29-18)11-23-19(22-4)24-14-8-9-27(12-14)15-10-13(21)6-7-16(15)28-5/h6-7,10,14H,8-9,11-12H2,1-5H3,(H2,22,23,24). The van der Waals surface area contributed by atoms with Crippen LogP contribution in [0.3, 0.4) is 0 Å². The van der Waals surface area contributed by atoms with E-state index < -0.39 is 0 Å². The molecule has 0 saturated carbocycles. The van der Waals surface area contributed by atoms with Gasteiger partial charge in [-0.25, -0.2) is 0 Å². The quantitative estimate of drug-likeness (QED) is 0.567. The number of hydrogen-bond donors (Lipinski definition) is 2. The number of hydrogen-bond acceptors (Lipinski definition) is 6. The molecule has 8 nitrogen and oxygen atoms in total. The molecule has 0 aliphatic carbocycles. The minimum Gasteiger partial charge on any atom is -0.495 e.